The molecule has 1 aliphatic rings. The van der Waals surface area contributed by atoms with Crippen molar-refractivity contribution in [2.75, 3.05) is 26.3 Å². The fourth-order valence-electron chi connectivity index (χ4n) is 2.26. The van der Waals surface area contributed by atoms with Crippen LogP contribution in [0, 0.1) is 5.92 Å². The zero-order valence-electron chi connectivity index (χ0n) is 10.3. The van der Waals surface area contributed by atoms with Gasteiger partial charge >= 0.3 is 5.97 Å². The Morgan fingerprint density at radius 3 is 2.81 bits per heavy atom. The Morgan fingerprint density at radius 1 is 1.56 bits per heavy atom. The minimum Gasteiger partial charge on any atom is -0.465 e. The van der Waals surface area contributed by atoms with Crippen molar-refractivity contribution in [1.29, 1.82) is 0 Å². The van der Waals surface area contributed by atoms with Gasteiger partial charge in [0.05, 0.1) is 6.61 Å². The molecule has 0 aromatic carbocycles. The van der Waals surface area contributed by atoms with Gasteiger partial charge in [0.15, 0.2) is 0 Å². The molecule has 1 N–H and O–H groups in total. The smallest absolute Gasteiger partial charge is 0.323 e. The molecule has 4 nitrogen and oxygen atoms in total. The van der Waals surface area contributed by atoms with E-state index in [2.05, 4.69) is 11.8 Å². The number of nitrogens with zero attached hydrogens (tertiary/aromatic N) is 1. The molecule has 2 unspecified atom stereocenters. The molecule has 16 heavy (non-hydrogen) atoms. The molecular weight excluding hydrogens is 206 g/mol. The first-order chi connectivity index (χ1) is 7.72. The van der Waals surface area contributed by atoms with Crippen molar-refractivity contribution in [2.24, 2.45) is 5.92 Å². The third-order valence-corrected chi connectivity index (χ3v) is 3.14. The van der Waals surface area contributed by atoms with Crippen LogP contribution in [-0.2, 0) is 9.53 Å². The van der Waals surface area contributed by atoms with Gasteiger partial charge in [-0.2, -0.15) is 0 Å². The molecule has 4 heteroatoms. The second kappa shape index (κ2) is 6.86. The minimum absolute atomic E-state index is 0.108. The second-order valence-corrected chi connectivity index (χ2v) is 4.39. The highest BCUT2D eigenvalue weighted by molar-refractivity contribution is 5.75. The van der Waals surface area contributed by atoms with E-state index < -0.39 is 0 Å². The molecule has 1 aliphatic heterocycles. The molecule has 94 valence electrons. The lowest BCUT2D eigenvalue weighted by Crippen LogP contribution is -2.41. The average molecular weight is 229 g/mol. The topological polar surface area (TPSA) is 49.8 Å². The average Bonchev–Trinajstić information content (AvgIpc) is 2.74. The highest BCUT2D eigenvalue weighted by Crippen LogP contribution is 2.21. The summed E-state index contributed by atoms with van der Waals surface area (Å²) >= 11 is 0. The molecule has 0 saturated carbocycles. The van der Waals surface area contributed by atoms with Crippen LogP contribution < -0.4 is 0 Å². The standard InChI is InChI=1S/C12H23NO3/c1-3-5-11(12(15)16-4-2)13-7-6-10(8-13)9-14/h10-11,14H,3-9H2,1-2H3. The molecule has 1 fully saturated rings. The van der Waals surface area contributed by atoms with Crippen molar-refractivity contribution in [3.63, 3.8) is 0 Å². The first-order valence-corrected chi connectivity index (χ1v) is 6.24. The van der Waals surface area contributed by atoms with Gasteiger partial charge in [0.2, 0.25) is 0 Å². The fourth-order valence-corrected chi connectivity index (χ4v) is 2.26. The summed E-state index contributed by atoms with van der Waals surface area (Å²) in [6.07, 6.45) is 2.80. The molecular formula is C12H23NO3. The van der Waals surface area contributed by atoms with Gasteiger partial charge in [-0.3, -0.25) is 9.69 Å². The van der Waals surface area contributed by atoms with Gasteiger partial charge in [-0.05, 0) is 32.2 Å². The number of hydrogen-bond acceptors (Lipinski definition) is 4. The monoisotopic (exact) mass is 229 g/mol. The van der Waals surface area contributed by atoms with E-state index in [0.29, 0.717) is 12.5 Å². The Hall–Kier alpha value is -0.610. The summed E-state index contributed by atoms with van der Waals surface area (Å²) in [6.45, 7) is 6.29. The number of carbonyl (C=O) groups excluding carboxylic acids is 1. The fraction of sp³-hybridized carbons (Fsp3) is 0.917. The molecule has 1 saturated heterocycles. The maximum atomic E-state index is 11.8. The zero-order chi connectivity index (χ0) is 12.0. The van der Waals surface area contributed by atoms with Gasteiger partial charge in [0, 0.05) is 13.2 Å². The number of aliphatic hydroxyl groups is 1. The second-order valence-electron chi connectivity index (χ2n) is 4.39. The summed E-state index contributed by atoms with van der Waals surface area (Å²) in [5, 5.41) is 9.09. The Labute approximate surface area is 97.6 Å². The number of aliphatic hydroxyl groups excluding tert-OH is 1. The third kappa shape index (κ3) is 3.46. The van der Waals surface area contributed by atoms with E-state index in [1.54, 1.807) is 0 Å². The quantitative estimate of drug-likeness (QED) is 0.691. The van der Waals surface area contributed by atoms with Crippen molar-refractivity contribution in [1.82, 2.24) is 4.90 Å². The van der Waals surface area contributed by atoms with E-state index in [4.69, 9.17) is 9.84 Å². The minimum atomic E-state index is -0.110. The lowest BCUT2D eigenvalue weighted by atomic mass is 10.1. The molecule has 0 spiro atoms. The van der Waals surface area contributed by atoms with E-state index in [1.807, 2.05) is 6.92 Å². The highest BCUT2D eigenvalue weighted by atomic mass is 16.5. The van der Waals surface area contributed by atoms with Crippen LogP contribution in [0.25, 0.3) is 0 Å². The van der Waals surface area contributed by atoms with Crippen LogP contribution >= 0.6 is 0 Å². The third-order valence-electron chi connectivity index (χ3n) is 3.14. The molecule has 0 amide bonds. The van der Waals surface area contributed by atoms with Crippen molar-refractivity contribution in [3.8, 4) is 0 Å². The Balaban J connectivity index is 2.53. The largest absolute Gasteiger partial charge is 0.465 e. The Morgan fingerprint density at radius 2 is 2.31 bits per heavy atom. The van der Waals surface area contributed by atoms with Gasteiger partial charge in [-0.15, -0.1) is 0 Å². The molecule has 1 rings (SSSR count). The van der Waals surface area contributed by atoms with Crippen LogP contribution in [0.3, 0.4) is 0 Å². The van der Waals surface area contributed by atoms with Gasteiger partial charge in [-0.1, -0.05) is 13.3 Å². The predicted octanol–water partition coefficient (Wildman–Crippen LogP) is 1.03. The van der Waals surface area contributed by atoms with Gasteiger partial charge in [0.1, 0.15) is 6.04 Å². The van der Waals surface area contributed by atoms with E-state index in [0.717, 1.165) is 32.4 Å². The van der Waals surface area contributed by atoms with Crippen molar-refractivity contribution in [2.45, 2.75) is 39.2 Å². The maximum absolute atomic E-state index is 11.8. The number of esters is 1. The Kier molecular flexibility index (Phi) is 5.77. The van der Waals surface area contributed by atoms with Crippen LogP contribution in [0.2, 0.25) is 0 Å². The van der Waals surface area contributed by atoms with Crippen molar-refractivity contribution in [3.05, 3.63) is 0 Å². The van der Waals surface area contributed by atoms with Gasteiger partial charge < -0.3 is 9.84 Å². The Bertz CT molecular complexity index is 220. The lowest BCUT2D eigenvalue weighted by Gasteiger charge is -2.25. The number of carbonyl (C=O) groups is 1. The van der Waals surface area contributed by atoms with Crippen molar-refractivity contribution < 1.29 is 14.6 Å². The number of rotatable bonds is 6. The van der Waals surface area contributed by atoms with Gasteiger partial charge in [0.25, 0.3) is 0 Å². The zero-order valence-corrected chi connectivity index (χ0v) is 10.3. The predicted molar refractivity (Wildman–Crippen MR) is 62.1 cm³/mol. The summed E-state index contributed by atoms with van der Waals surface area (Å²) in [5.74, 6) is 0.219. The highest BCUT2D eigenvalue weighted by Gasteiger charge is 2.32. The summed E-state index contributed by atoms with van der Waals surface area (Å²) < 4.78 is 5.09. The van der Waals surface area contributed by atoms with E-state index in [1.165, 1.54) is 0 Å². The molecule has 0 aliphatic carbocycles. The summed E-state index contributed by atoms with van der Waals surface area (Å²) in [6, 6.07) is -0.110. The number of likely N-dealkylation sites (tertiary alicyclic amines) is 1. The first kappa shape index (κ1) is 13.5. The normalized spacial score (nSPS) is 23.3. The van der Waals surface area contributed by atoms with Crippen LogP contribution in [0.15, 0.2) is 0 Å². The van der Waals surface area contributed by atoms with Gasteiger partial charge in [-0.25, -0.2) is 0 Å². The van der Waals surface area contributed by atoms with Crippen LogP contribution in [-0.4, -0.2) is 48.3 Å². The van der Waals surface area contributed by atoms with E-state index in [-0.39, 0.29) is 18.6 Å². The lowest BCUT2D eigenvalue weighted by molar-refractivity contribution is -0.149. The number of ether oxygens (including phenoxy) is 1. The molecule has 0 aromatic heterocycles. The molecule has 0 aromatic rings. The van der Waals surface area contributed by atoms with Crippen LogP contribution in [0.4, 0.5) is 0 Å². The first-order valence-electron chi connectivity index (χ1n) is 6.24. The van der Waals surface area contributed by atoms with Crippen LogP contribution in [0.5, 0.6) is 0 Å². The molecule has 0 bridgehead atoms. The summed E-state index contributed by atoms with van der Waals surface area (Å²) in [4.78, 5) is 13.9. The maximum Gasteiger partial charge on any atom is 0.323 e. The van der Waals surface area contributed by atoms with Crippen LogP contribution in [0.1, 0.15) is 33.1 Å². The van der Waals surface area contributed by atoms with E-state index >= 15 is 0 Å². The molecule has 2 atom stereocenters. The number of hydrogen-bond donors (Lipinski definition) is 1. The van der Waals surface area contributed by atoms with Crippen molar-refractivity contribution >= 4 is 5.97 Å². The molecule has 1 heterocycles. The molecule has 0 radical (unpaired) electrons. The van der Waals surface area contributed by atoms with E-state index in [9.17, 15) is 4.79 Å². The summed E-state index contributed by atoms with van der Waals surface area (Å²) in [5.41, 5.74) is 0. The SMILES string of the molecule is CCCC(C(=O)OCC)N1CCC(CO)C1. The summed E-state index contributed by atoms with van der Waals surface area (Å²) in [7, 11) is 0.